The fourth-order valence-electron chi connectivity index (χ4n) is 0. The van der Waals surface area contributed by atoms with E-state index in [0.29, 0.717) is 0 Å². The molecule has 0 unspecified atom stereocenters. The van der Waals surface area contributed by atoms with Crippen LogP contribution in [0.15, 0.2) is 0 Å². The smallest absolute Gasteiger partial charge is 0 e. The molecule has 4 heteroatoms. The third kappa shape index (κ3) is 8.82. The van der Waals surface area contributed by atoms with Crippen LogP contribution in [0.4, 0.5) is 0 Å². The Morgan fingerprint density at radius 1 is 1.00 bits per heavy atom. The first-order valence-electron chi connectivity index (χ1n) is 0. The van der Waals surface area contributed by atoms with Gasteiger partial charge in [-0.25, -0.2) is 0 Å². The average Bonchev–Trinajstić information content (AvgIpc) is 0. The molecule has 0 saturated carbocycles. The molecule has 0 rings (SSSR count). The third-order valence-electron chi connectivity index (χ3n) is 0. The number of hydrogen-bond donors (Lipinski definition) is 0. The van der Waals surface area contributed by atoms with Crippen LogP contribution in [0.25, 0.3) is 0 Å². The maximum absolute atomic E-state index is 0. The van der Waals surface area contributed by atoms with Gasteiger partial charge in [0.15, 0.2) is 0 Å². The molecule has 0 N–H and O–H groups in total. The molecular weight excluding hydrogens is 283 g/mol. The van der Waals surface area contributed by atoms with E-state index < -0.39 is 0 Å². The van der Waals surface area contributed by atoms with Crippen LogP contribution in [-0.4, -0.2) is 11.0 Å². The summed E-state index contributed by atoms with van der Waals surface area (Å²) >= 11 is 0. The molecule has 0 saturated heterocycles. The van der Waals surface area contributed by atoms with Crippen LogP contribution in [0.1, 0.15) is 0 Å². The maximum Gasteiger partial charge on any atom is 0 e. The van der Waals surface area contributed by atoms with Crippen LogP contribution in [0.2, 0.25) is 0 Å². The molecule has 0 aromatic carbocycles. The van der Waals surface area contributed by atoms with Gasteiger partial charge in [0.25, 0.3) is 0 Å². The van der Waals surface area contributed by atoms with Gasteiger partial charge in [-0.2, -0.15) is 0 Å². The van der Waals surface area contributed by atoms with E-state index in [1.807, 2.05) is 0 Å². The zero-order valence-electron chi connectivity index (χ0n) is 1.23. The predicted molar refractivity (Wildman–Crippen MR) is 11.3 cm³/mol. The van der Waals surface area contributed by atoms with Crippen molar-refractivity contribution < 1.29 is 75.0 Å². The molecule has 0 aliphatic heterocycles. The molecule has 0 heterocycles. The zero-order chi connectivity index (χ0) is 0. The molecule has 0 aromatic heterocycles. The molecular formula is H4FeMnNdSi. The molecule has 0 aliphatic rings. The number of hydrogen-bond acceptors (Lipinski definition) is 0. The van der Waals surface area contributed by atoms with Crippen molar-refractivity contribution in [2.75, 3.05) is 0 Å². The van der Waals surface area contributed by atoms with Crippen LogP contribution < -0.4 is 0 Å². The second kappa shape index (κ2) is 17.5. The first-order chi connectivity index (χ1) is 0. The molecule has 0 aliphatic carbocycles. The van der Waals surface area contributed by atoms with E-state index in [1.165, 1.54) is 0 Å². The fraction of sp³-hybridized carbons (Fsp3) is 0. The van der Waals surface area contributed by atoms with Crippen molar-refractivity contribution in [1.82, 2.24) is 0 Å². The third-order valence-corrected chi connectivity index (χ3v) is 0. The molecule has 0 amide bonds. The van der Waals surface area contributed by atoms with E-state index >= 15 is 0 Å². The molecule has 0 atom stereocenters. The minimum Gasteiger partial charge on any atom is -0.0149 e. The predicted octanol–water partition coefficient (Wildman–Crippen LogP) is -1.46. The van der Waals surface area contributed by atoms with Crippen molar-refractivity contribution in [3.8, 4) is 0 Å². The van der Waals surface area contributed by atoms with Gasteiger partial charge in [-0.1, -0.05) is 0 Å². The van der Waals surface area contributed by atoms with E-state index in [4.69, 9.17) is 0 Å². The van der Waals surface area contributed by atoms with Gasteiger partial charge in [-0.15, -0.1) is 0 Å². The zero-order valence-corrected chi connectivity index (χ0v) is 6.72. The fourth-order valence-corrected chi connectivity index (χ4v) is 0. The minimum absolute atomic E-state index is 0. The Labute approximate surface area is 84.4 Å². The van der Waals surface area contributed by atoms with Gasteiger partial charge in [0, 0.05) is 75.0 Å². The van der Waals surface area contributed by atoms with E-state index in [9.17, 15) is 0 Å². The van der Waals surface area contributed by atoms with Crippen LogP contribution in [0.5, 0.6) is 0 Å². The van der Waals surface area contributed by atoms with Gasteiger partial charge in [0.05, 0.1) is 0 Å². The van der Waals surface area contributed by atoms with Crippen LogP contribution in [0.3, 0.4) is 0 Å². The Hall–Kier alpha value is 2.61. The summed E-state index contributed by atoms with van der Waals surface area (Å²) in [7, 11) is 0. The summed E-state index contributed by atoms with van der Waals surface area (Å²) in [6, 6.07) is 0. The van der Waals surface area contributed by atoms with Crippen LogP contribution in [0, 0.1) is 40.8 Å². The first-order valence-corrected chi connectivity index (χ1v) is 0. The van der Waals surface area contributed by atoms with Gasteiger partial charge in [-0.05, 0) is 11.0 Å². The molecule has 0 nitrogen and oxygen atoms in total. The van der Waals surface area contributed by atoms with E-state index in [-0.39, 0.29) is 85.9 Å². The van der Waals surface area contributed by atoms with Gasteiger partial charge in [0.2, 0.25) is 0 Å². The van der Waals surface area contributed by atoms with E-state index in [1.54, 1.807) is 0 Å². The Morgan fingerprint density at radius 3 is 1.00 bits per heavy atom. The minimum atomic E-state index is 0. The summed E-state index contributed by atoms with van der Waals surface area (Å²) in [6.07, 6.45) is 0. The van der Waals surface area contributed by atoms with Crippen molar-refractivity contribution >= 4 is 11.0 Å². The standard InChI is InChI=1S/Fe.Mn.Nd.H4Si/h;;;1H4. The van der Waals surface area contributed by atoms with Gasteiger partial charge >= 0.3 is 0 Å². The van der Waals surface area contributed by atoms with Gasteiger partial charge in [-0.3, -0.25) is 0 Å². The second-order valence-electron chi connectivity index (χ2n) is 0. The normalized spacial score (nSPS) is 0. The van der Waals surface area contributed by atoms with E-state index in [2.05, 4.69) is 0 Å². The molecule has 4 heavy (non-hydrogen) atoms. The topological polar surface area (TPSA) is 0 Å². The van der Waals surface area contributed by atoms with E-state index in [0.717, 1.165) is 0 Å². The molecule has 1 radical (unpaired) electrons. The summed E-state index contributed by atoms with van der Waals surface area (Å²) in [5.74, 6) is 0. The van der Waals surface area contributed by atoms with Crippen molar-refractivity contribution in [1.29, 1.82) is 0 Å². The molecule has 0 fully saturated rings. The number of rotatable bonds is 0. The van der Waals surface area contributed by atoms with Crippen molar-refractivity contribution in [2.45, 2.75) is 0 Å². The van der Waals surface area contributed by atoms with Crippen LogP contribution in [-0.2, 0) is 34.1 Å². The van der Waals surface area contributed by atoms with Crippen molar-refractivity contribution in [2.24, 2.45) is 0 Å². The maximum atomic E-state index is 0. The molecule has 0 spiro atoms. The largest absolute Gasteiger partial charge is 0.0149 e. The van der Waals surface area contributed by atoms with Crippen molar-refractivity contribution in [3.05, 3.63) is 0 Å². The monoisotopic (exact) mass is 285 g/mol. The first kappa shape index (κ1) is 30.6. The molecule has 27 valence electrons. The summed E-state index contributed by atoms with van der Waals surface area (Å²) in [5, 5.41) is 0. The van der Waals surface area contributed by atoms with Crippen LogP contribution >= 0.6 is 0 Å². The van der Waals surface area contributed by atoms with Gasteiger partial charge < -0.3 is 0 Å². The Morgan fingerprint density at radius 2 is 1.00 bits per heavy atom. The quantitative estimate of drug-likeness (QED) is 0.478. The average molecular weight is 287 g/mol. The molecule has 0 aromatic rings. The van der Waals surface area contributed by atoms with Crippen molar-refractivity contribution in [3.63, 3.8) is 0 Å². The Kier molecular flexibility index (Phi) is 134. The SMILES string of the molecule is [Fe].[Mn].[Nd].[SiH4]. The van der Waals surface area contributed by atoms with Gasteiger partial charge in [0.1, 0.15) is 0 Å². The summed E-state index contributed by atoms with van der Waals surface area (Å²) in [6.45, 7) is 0. The summed E-state index contributed by atoms with van der Waals surface area (Å²) in [4.78, 5) is 0. The molecule has 0 bridgehead atoms. The Balaban J connectivity index is 0. The summed E-state index contributed by atoms with van der Waals surface area (Å²) in [5.41, 5.74) is 0. The second-order valence-corrected chi connectivity index (χ2v) is 0. The Bertz CT molecular complexity index is 8.00. The summed E-state index contributed by atoms with van der Waals surface area (Å²) < 4.78 is 0.